The molecule has 1 saturated carbocycles. The van der Waals surface area contributed by atoms with Gasteiger partial charge in [0.15, 0.2) is 5.79 Å². The van der Waals surface area contributed by atoms with E-state index >= 15 is 0 Å². The lowest BCUT2D eigenvalue weighted by molar-refractivity contribution is -0.139. The van der Waals surface area contributed by atoms with Crippen molar-refractivity contribution in [3.8, 4) is 0 Å². The summed E-state index contributed by atoms with van der Waals surface area (Å²) in [4.78, 5) is 0. The summed E-state index contributed by atoms with van der Waals surface area (Å²) < 4.78 is 32.9. The van der Waals surface area contributed by atoms with Gasteiger partial charge in [-0.15, -0.1) is 0 Å². The SMILES string of the molecule is CC1(C)OCC(CC2(S(=O)(=O)Cl)CC2)O1. The largest absolute Gasteiger partial charge is 0.348 e. The van der Waals surface area contributed by atoms with Crippen molar-refractivity contribution in [3.05, 3.63) is 0 Å². The van der Waals surface area contributed by atoms with E-state index in [1.54, 1.807) is 0 Å². The average molecular weight is 255 g/mol. The Bertz CT molecular complexity index is 358. The van der Waals surface area contributed by atoms with Crippen LogP contribution in [-0.2, 0) is 18.5 Å². The minimum atomic E-state index is -3.48. The van der Waals surface area contributed by atoms with Gasteiger partial charge in [-0.05, 0) is 33.1 Å². The van der Waals surface area contributed by atoms with Crippen LogP contribution < -0.4 is 0 Å². The molecule has 1 aliphatic carbocycles. The van der Waals surface area contributed by atoms with Gasteiger partial charge in [-0.2, -0.15) is 0 Å². The predicted molar refractivity (Wildman–Crippen MR) is 56.3 cm³/mol. The highest BCUT2D eigenvalue weighted by Gasteiger charge is 2.56. The highest BCUT2D eigenvalue weighted by molar-refractivity contribution is 8.15. The zero-order chi connectivity index (χ0) is 11.3. The van der Waals surface area contributed by atoms with Gasteiger partial charge in [0.1, 0.15) is 0 Å². The Morgan fingerprint density at radius 3 is 2.33 bits per heavy atom. The van der Waals surface area contributed by atoms with Crippen molar-refractivity contribution in [2.24, 2.45) is 0 Å². The monoisotopic (exact) mass is 254 g/mol. The topological polar surface area (TPSA) is 52.6 Å². The third-order valence-corrected chi connectivity index (χ3v) is 5.58. The van der Waals surface area contributed by atoms with Crippen LogP contribution in [0.1, 0.15) is 33.1 Å². The summed E-state index contributed by atoms with van der Waals surface area (Å²) in [7, 11) is 1.93. The molecule has 0 radical (unpaired) electrons. The van der Waals surface area contributed by atoms with Crippen LogP contribution in [0.3, 0.4) is 0 Å². The quantitative estimate of drug-likeness (QED) is 0.719. The Morgan fingerprint density at radius 2 is 2.00 bits per heavy atom. The number of ether oxygens (including phenoxy) is 2. The fraction of sp³-hybridized carbons (Fsp3) is 1.00. The van der Waals surface area contributed by atoms with Gasteiger partial charge in [0.05, 0.1) is 17.5 Å². The van der Waals surface area contributed by atoms with Crippen LogP contribution in [0.5, 0.6) is 0 Å². The van der Waals surface area contributed by atoms with Gasteiger partial charge < -0.3 is 9.47 Å². The zero-order valence-corrected chi connectivity index (χ0v) is 10.4. The Kier molecular flexibility index (Phi) is 2.58. The maximum atomic E-state index is 11.3. The molecule has 6 heteroatoms. The summed E-state index contributed by atoms with van der Waals surface area (Å²) in [6.45, 7) is 4.09. The highest BCUT2D eigenvalue weighted by Crippen LogP contribution is 2.50. The average Bonchev–Trinajstić information content (AvgIpc) is 2.73. The number of halogens is 1. The van der Waals surface area contributed by atoms with Gasteiger partial charge >= 0.3 is 0 Å². The van der Waals surface area contributed by atoms with E-state index in [1.165, 1.54) is 0 Å². The highest BCUT2D eigenvalue weighted by atomic mass is 35.7. The fourth-order valence-electron chi connectivity index (χ4n) is 1.97. The molecule has 1 saturated heterocycles. The molecule has 0 spiro atoms. The molecule has 15 heavy (non-hydrogen) atoms. The Labute approximate surface area is 94.3 Å². The lowest BCUT2D eigenvalue weighted by Gasteiger charge is -2.19. The van der Waals surface area contributed by atoms with Gasteiger partial charge in [0.25, 0.3) is 0 Å². The second-order valence-electron chi connectivity index (χ2n) is 4.78. The first-order valence-corrected chi connectivity index (χ1v) is 7.31. The van der Waals surface area contributed by atoms with Crippen molar-refractivity contribution in [1.29, 1.82) is 0 Å². The summed E-state index contributed by atoms with van der Waals surface area (Å²) in [5, 5.41) is 0. The summed E-state index contributed by atoms with van der Waals surface area (Å²) in [6, 6.07) is 0. The zero-order valence-electron chi connectivity index (χ0n) is 8.82. The minimum Gasteiger partial charge on any atom is -0.348 e. The second-order valence-corrected chi connectivity index (χ2v) is 7.74. The van der Waals surface area contributed by atoms with Crippen LogP contribution in [0.15, 0.2) is 0 Å². The maximum Gasteiger partial charge on any atom is 0.238 e. The molecular weight excluding hydrogens is 240 g/mol. The normalized spacial score (nSPS) is 32.9. The van der Waals surface area contributed by atoms with Gasteiger partial charge in [-0.3, -0.25) is 0 Å². The molecule has 2 aliphatic rings. The van der Waals surface area contributed by atoms with Gasteiger partial charge in [0, 0.05) is 10.7 Å². The number of rotatable bonds is 3. The molecule has 4 nitrogen and oxygen atoms in total. The first-order valence-electron chi connectivity index (χ1n) is 5.00. The number of hydrogen-bond donors (Lipinski definition) is 0. The summed E-state index contributed by atoms with van der Waals surface area (Å²) in [6.07, 6.45) is 1.57. The van der Waals surface area contributed by atoms with Crippen molar-refractivity contribution >= 4 is 19.7 Å². The first-order chi connectivity index (χ1) is 6.74. The minimum absolute atomic E-state index is 0.156. The Morgan fingerprint density at radius 1 is 1.40 bits per heavy atom. The van der Waals surface area contributed by atoms with Crippen molar-refractivity contribution < 1.29 is 17.9 Å². The standard InChI is InChI=1S/C9H15ClO4S/c1-8(2)13-6-7(14-8)5-9(3-4-9)15(10,11)12/h7H,3-6H2,1-2H3. The van der Waals surface area contributed by atoms with Gasteiger partial charge in [-0.1, -0.05) is 0 Å². The summed E-state index contributed by atoms with van der Waals surface area (Å²) in [5.74, 6) is -0.600. The van der Waals surface area contributed by atoms with Crippen molar-refractivity contribution in [3.63, 3.8) is 0 Å². The molecule has 0 N–H and O–H groups in total. The molecule has 0 amide bonds. The van der Waals surface area contributed by atoms with Crippen LogP contribution in [0.2, 0.25) is 0 Å². The van der Waals surface area contributed by atoms with Crippen LogP contribution in [0.4, 0.5) is 0 Å². The van der Waals surface area contributed by atoms with E-state index in [-0.39, 0.29) is 6.10 Å². The smallest absolute Gasteiger partial charge is 0.238 e. The molecule has 88 valence electrons. The molecule has 0 aromatic rings. The molecule has 2 fully saturated rings. The first kappa shape index (κ1) is 11.6. The lowest BCUT2D eigenvalue weighted by Crippen LogP contribution is -2.28. The van der Waals surface area contributed by atoms with E-state index < -0.39 is 19.6 Å². The molecule has 1 atom stereocenters. The summed E-state index contributed by atoms with van der Waals surface area (Å²) in [5.41, 5.74) is 0. The Hall–Kier alpha value is 0.160. The van der Waals surface area contributed by atoms with E-state index in [4.69, 9.17) is 20.2 Å². The molecule has 0 aromatic carbocycles. The summed E-state index contributed by atoms with van der Waals surface area (Å²) >= 11 is 0. The molecule has 1 unspecified atom stereocenters. The van der Waals surface area contributed by atoms with E-state index in [1.807, 2.05) is 13.8 Å². The van der Waals surface area contributed by atoms with Crippen LogP contribution in [-0.4, -0.2) is 31.7 Å². The molecule has 1 aliphatic heterocycles. The van der Waals surface area contributed by atoms with Crippen LogP contribution >= 0.6 is 10.7 Å². The number of hydrogen-bond acceptors (Lipinski definition) is 4. The van der Waals surface area contributed by atoms with Gasteiger partial charge in [0.2, 0.25) is 9.05 Å². The van der Waals surface area contributed by atoms with Crippen LogP contribution in [0, 0.1) is 0 Å². The van der Waals surface area contributed by atoms with Gasteiger partial charge in [-0.25, -0.2) is 8.42 Å². The van der Waals surface area contributed by atoms with Crippen molar-refractivity contribution in [2.75, 3.05) is 6.61 Å². The fourth-order valence-corrected chi connectivity index (χ4v) is 3.59. The van der Waals surface area contributed by atoms with E-state index in [2.05, 4.69) is 0 Å². The third kappa shape index (κ3) is 2.30. The molecule has 0 bridgehead atoms. The van der Waals surface area contributed by atoms with Crippen molar-refractivity contribution in [1.82, 2.24) is 0 Å². The molecule has 1 heterocycles. The maximum absolute atomic E-state index is 11.3. The molecular formula is C9H15ClO4S. The second kappa shape index (κ2) is 3.32. The van der Waals surface area contributed by atoms with E-state index in [0.29, 0.717) is 25.9 Å². The molecule has 2 rings (SSSR count). The Balaban J connectivity index is 2.00. The van der Waals surface area contributed by atoms with Crippen molar-refractivity contribution in [2.45, 2.75) is 49.7 Å². The predicted octanol–water partition coefficient (Wildman–Crippen LogP) is 1.63. The van der Waals surface area contributed by atoms with Crippen LogP contribution in [0.25, 0.3) is 0 Å². The third-order valence-electron chi connectivity index (χ3n) is 2.99. The molecule has 0 aromatic heterocycles. The lowest BCUT2D eigenvalue weighted by atomic mass is 10.2. The van der Waals surface area contributed by atoms with E-state index in [9.17, 15) is 8.42 Å². The van der Waals surface area contributed by atoms with E-state index in [0.717, 1.165) is 0 Å².